The van der Waals surface area contributed by atoms with Crippen molar-refractivity contribution in [2.24, 2.45) is 5.92 Å². The summed E-state index contributed by atoms with van der Waals surface area (Å²) in [6.07, 6.45) is 12.9. The minimum Gasteiger partial charge on any atom is -0.313 e. The minimum absolute atomic E-state index is 0.267. The third-order valence-electron chi connectivity index (χ3n) is 3.87. The van der Waals surface area contributed by atoms with Gasteiger partial charge in [-0.15, -0.1) is 0 Å². The van der Waals surface area contributed by atoms with Crippen LogP contribution in [0, 0.1) is 17.2 Å². The molecule has 1 N–H and O–H groups in total. The number of hydrogen-bond acceptors (Lipinski definition) is 2. The first-order valence-corrected chi connectivity index (χ1v) is 7.51. The summed E-state index contributed by atoms with van der Waals surface area (Å²) in [7, 11) is 0. The molecule has 1 saturated carbocycles. The molecule has 0 aromatic rings. The molecule has 1 aliphatic carbocycles. The van der Waals surface area contributed by atoms with E-state index < -0.39 is 0 Å². The highest BCUT2D eigenvalue weighted by atomic mass is 14.9. The van der Waals surface area contributed by atoms with Crippen molar-refractivity contribution in [3.05, 3.63) is 0 Å². The lowest BCUT2D eigenvalue weighted by atomic mass is 9.85. The molecule has 17 heavy (non-hydrogen) atoms. The quantitative estimate of drug-likeness (QED) is 0.646. The monoisotopic (exact) mass is 236 g/mol. The van der Waals surface area contributed by atoms with Crippen LogP contribution in [0.4, 0.5) is 0 Å². The van der Waals surface area contributed by atoms with E-state index in [1.807, 2.05) is 0 Å². The summed E-state index contributed by atoms with van der Waals surface area (Å²) in [6.45, 7) is 3.36. The van der Waals surface area contributed by atoms with Gasteiger partial charge in [-0.1, -0.05) is 51.9 Å². The van der Waals surface area contributed by atoms with Gasteiger partial charge in [0.25, 0.3) is 0 Å². The third-order valence-corrected chi connectivity index (χ3v) is 3.87. The zero-order chi connectivity index (χ0) is 12.3. The molecule has 1 rings (SSSR count). The van der Waals surface area contributed by atoms with E-state index >= 15 is 0 Å². The van der Waals surface area contributed by atoms with Crippen LogP contribution >= 0.6 is 0 Å². The summed E-state index contributed by atoms with van der Waals surface area (Å²) in [5.41, 5.74) is 0. The number of nitrogens with one attached hydrogen (secondary N) is 1. The van der Waals surface area contributed by atoms with Gasteiger partial charge in [0.2, 0.25) is 0 Å². The molecule has 2 atom stereocenters. The predicted octanol–water partition coefficient (Wildman–Crippen LogP) is 4.02. The van der Waals surface area contributed by atoms with Crippen molar-refractivity contribution in [2.45, 2.75) is 77.2 Å². The summed E-state index contributed by atoms with van der Waals surface area (Å²) in [5.74, 6) is 0.267. The number of hydrogen-bond donors (Lipinski definition) is 1. The largest absolute Gasteiger partial charge is 0.313 e. The maximum absolute atomic E-state index is 9.07. The number of unbranched alkanes of at least 4 members (excludes halogenated alkanes) is 5. The second-order valence-corrected chi connectivity index (χ2v) is 5.35. The van der Waals surface area contributed by atoms with E-state index in [1.165, 1.54) is 57.8 Å². The fraction of sp³-hybridized carbons (Fsp3) is 0.933. The lowest BCUT2D eigenvalue weighted by molar-refractivity contribution is 0.311. The minimum atomic E-state index is 0.267. The van der Waals surface area contributed by atoms with Gasteiger partial charge in [-0.05, 0) is 25.8 Å². The molecule has 0 bridgehead atoms. The van der Waals surface area contributed by atoms with Gasteiger partial charge < -0.3 is 5.32 Å². The second kappa shape index (κ2) is 9.48. The van der Waals surface area contributed by atoms with Crippen LogP contribution in [0.2, 0.25) is 0 Å². The predicted molar refractivity (Wildman–Crippen MR) is 72.7 cm³/mol. The Hall–Kier alpha value is -0.550. The van der Waals surface area contributed by atoms with E-state index in [9.17, 15) is 0 Å². The Morgan fingerprint density at radius 1 is 1.06 bits per heavy atom. The smallest absolute Gasteiger partial charge is 0.0672 e. The molecular formula is C15H28N2. The molecule has 2 nitrogen and oxygen atoms in total. The first kappa shape index (κ1) is 14.5. The maximum Gasteiger partial charge on any atom is 0.0672 e. The molecule has 0 heterocycles. The molecule has 1 aliphatic rings. The van der Waals surface area contributed by atoms with Crippen molar-refractivity contribution in [2.75, 3.05) is 6.54 Å². The molecule has 0 radical (unpaired) electrons. The van der Waals surface area contributed by atoms with Crippen molar-refractivity contribution in [3.63, 3.8) is 0 Å². The van der Waals surface area contributed by atoms with E-state index in [1.54, 1.807) is 0 Å². The molecular weight excluding hydrogens is 208 g/mol. The highest BCUT2D eigenvalue weighted by Crippen LogP contribution is 2.23. The van der Waals surface area contributed by atoms with E-state index in [0.29, 0.717) is 6.04 Å². The fourth-order valence-electron chi connectivity index (χ4n) is 2.72. The Balaban J connectivity index is 1.99. The molecule has 0 saturated heterocycles. The van der Waals surface area contributed by atoms with Crippen molar-refractivity contribution in [3.8, 4) is 6.07 Å². The molecule has 2 unspecified atom stereocenters. The van der Waals surface area contributed by atoms with Crippen LogP contribution in [0.5, 0.6) is 0 Å². The first-order chi connectivity index (χ1) is 8.38. The Morgan fingerprint density at radius 3 is 2.53 bits per heavy atom. The molecule has 0 aliphatic heterocycles. The van der Waals surface area contributed by atoms with E-state index in [0.717, 1.165) is 13.0 Å². The Bertz CT molecular complexity index is 219. The van der Waals surface area contributed by atoms with Crippen LogP contribution in [0.15, 0.2) is 0 Å². The van der Waals surface area contributed by atoms with Crippen molar-refractivity contribution >= 4 is 0 Å². The van der Waals surface area contributed by atoms with Crippen molar-refractivity contribution < 1.29 is 0 Å². The summed E-state index contributed by atoms with van der Waals surface area (Å²) in [5, 5.41) is 12.7. The molecule has 2 heteroatoms. The van der Waals surface area contributed by atoms with Crippen LogP contribution in [-0.4, -0.2) is 12.6 Å². The van der Waals surface area contributed by atoms with Gasteiger partial charge in [-0.25, -0.2) is 0 Å². The van der Waals surface area contributed by atoms with Crippen LogP contribution < -0.4 is 5.32 Å². The summed E-state index contributed by atoms with van der Waals surface area (Å²) in [4.78, 5) is 0. The lowest BCUT2D eigenvalue weighted by Gasteiger charge is -2.27. The number of nitriles is 1. The normalized spacial score (nSPS) is 24.5. The van der Waals surface area contributed by atoms with Gasteiger partial charge in [-0.3, -0.25) is 0 Å². The maximum atomic E-state index is 9.07. The third kappa shape index (κ3) is 6.07. The molecule has 0 aromatic carbocycles. The van der Waals surface area contributed by atoms with Crippen LogP contribution in [0.3, 0.4) is 0 Å². The van der Waals surface area contributed by atoms with Gasteiger partial charge in [-0.2, -0.15) is 5.26 Å². The van der Waals surface area contributed by atoms with E-state index in [4.69, 9.17) is 5.26 Å². The summed E-state index contributed by atoms with van der Waals surface area (Å²) < 4.78 is 0. The van der Waals surface area contributed by atoms with E-state index in [2.05, 4.69) is 18.3 Å². The average Bonchev–Trinajstić information content (AvgIpc) is 2.38. The van der Waals surface area contributed by atoms with Crippen LogP contribution in [-0.2, 0) is 0 Å². The van der Waals surface area contributed by atoms with Crippen molar-refractivity contribution in [1.29, 1.82) is 5.26 Å². The van der Waals surface area contributed by atoms with Crippen molar-refractivity contribution in [1.82, 2.24) is 5.32 Å². The Labute approximate surface area is 107 Å². The van der Waals surface area contributed by atoms with Gasteiger partial charge in [0.15, 0.2) is 0 Å². The van der Waals surface area contributed by atoms with Crippen LogP contribution in [0.25, 0.3) is 0 Å². The summed E-state index contributed by atoms with van der Waals surface area (Å²) >= 11 is 0. The van der Waals surface area contributed by atoms with E-state index in [-0.39, 0.29) is 5.92 Å². The Kier molecular flexibility index (Phi) is 8.09. The standard InChI is InChI=1S/C15H28N2/c1-2-3-4-5-6-9-12-17-15-11-8-7-10-14(15)13-16/h14-15,17H,2-12H2,1H3. The first-order valence-electron chi connectivity index (χ1n) is 7.51. The van der Waals surface area contributed by atoms with Gasteiger partial charge >= 0.3 is 0 Å². The topological polar surface area (TPSA) is 35.8 Å². The molecule has 1 fully saturated rings. The fourth-order valence-corrected chi connectivity index (χ4v) is 2.72. The second-order valence-electron chi connectivity index (χ2n) is 5.35. The zero-order valence-corrected chi connectivity index (χ0v) is 11.4. The highest BCUT2D eigenvalue weighted by molar-refractivity contribution is 4.94. The van der Waals surface area contributed by atoms with Gasteiger partial charge in [0.05, 0.1) is 12.0 Å². The van der Waals surface area contributed by atoms with Gasteiger partial charge in [0.1, 0.15) is 0 Å². The SMILES string of the molecule is CCCCCCCCNC1CCCCC1C#N. The van der Waals surface area contributed by atoms with Gasteiger partial charge in [0, 0.05) is 6.04 Å². The summed E-state index contributed by atoms with van der Waals surface area (Å²) in [6, 6.07) is 2.94. The zero-order valence-electron chi connectivity index (χ0n) is 11.4. The van der Waals surface area contributed by atoms with Crippen LogP contribution in [0.1, 0.15) is 71.1 Å². The number of rotatable bonds is 8. The molecule has 98 valence electrons. The highest BCUT2D eigenvalue weighted by Gasteiger charge is 2.23. The molecule has 0 aromatic heterocycles. The molecule has 0 spiro atoms. The number of nitrogens with zero attached hydrogens (tertiary/aromatic N) is 1. The molecule has 0 amide bonds. The lowest BCUT2D eigenvalue weighted by Crippen LogP contribution is -2.38. The average molecular weight is 236 g/mol. The Morgan fingerprint density at radius 2 is 1.76 bits per heavy atom.